The van der Waals surface area contributed by atoms with Gasteiger partial charge in [-0.05, 0) is 37.3 Å². The summed E-state index contributed by atoms with van der Waals surface area (Å²) in [5.41, 5.74) is 7.19. The molecular weight excluding hydrogens is 236 g/mol. The van der Waals surface area contributed by atoms with Gasteiger partial charge in [-0.15, -0.1) is 0 Å². The van der Waals surface area contributed by atoms with Gasteiger partial charge in [0.05, 0.1) is 12.3 Å². The van der Waals surface area contributed by atoms with Crippen molar-refractivity contribution < 1.29 is 4.74 Å². The Hall–Kier alpha value is -1.22. The third-order valence-electron chi connectivity index (χ3n) is 3.70. The summed E-state index contributed by atoms with van der Waals surface area (Å²) in [5.74, 6) is 1.69. The van der Waals surface area contributed by atoms with Crippen LogP contribution in [0.5, 0.6) is 5.75 Å². The zero-order valence-corrected chi connectivity index (χ0v) is 12.1. The Morgan fingerprint density at radius 3 is 2.63 bits per heavy atom. The molecule has 0 aliphatic carbocycles. The summed E-state index contributed by atoms with van der Waals surface area (Å²) in [4.78, 5) is 2.40. The molecule has 1 aliphatic rings. The average Bonchev–Trinajstić information content (AvgIpc) is 2.40. The maximum atomic E-state index is 5.97. The van der Waals surface area contributed by atoms with Gasteiger partial charge >= 0.3 is 0 Å². The molecule has 0 amide bonds. The molecule has 1 heterocycles. The number of hydrogen-bond acceptors (Lipinski definition) is 3. The molecule has 3 heteroatoms. The minimum Gasteiger partial charge on any atom is -0.491 e. The molecular formula is C16H26N2O. The lowest BCUT2D eigenvalue weighted by Gasteiger charge is -2.33. The molecule has 0 atom stereocenters. The fraction of sp³-hybridized carbons (Fsp3) is 0.625. The highest BCUT2D eigenvalue weighted by molar-refractivity contribution is 5.58. The monoisotopic (exact) mass is 262 g/mol. The summed E-state index contributed by atoms with van der Waals surface area (Å²) in [6, 6.07) is 8.72. The first kappa shape index (κ1) is 14.2. The van der Waals surface area contributed by atoms with Gasteiger partial charge in [0.2, 0.25) is 0 Å². The Balaban J connectivity index is 1.99. The van der Waals surface area contributed by atoms with Gasteiger partial charge < -0.3 is 15.4 Å². The topological polar surface area (TPSA) is 38.5 Å². The van der Waals surface area contributed by atoms with Crippen molar-refractivity contribution in [3.8, 4) is 5.75 Å². The summed E-state index contributed by atoms with van der Waals surface area (Å²) in [6.07, 6.45) is 3.24. The summed E-state index contributed by atoms with van der Waals surface area (Å²) >= 11 is 0. The highest BCUT2D eigenvalue weighted by atomic mass is 16.5. The van der Waals surface area contributed by atoms with Crippen molar-refractivity contribution in [1.82, 2.24) is 0 Å². The summed E-state index contributed by atoms with van der Waals surface area (Å²) in [7, 11) is 0. The summed E-state index contributed by atoms with van der Waals surface area (Å²) < 4.78 is 5.96. The minimum absolute atomic E-state index is 0.366. The van der Waals surface area contributed by atoms with Crippen LogP contribution in [0.15, 0.2) is 24.3 Å². The van der Waals surface area contributed by atoms with Crippen LogP contribution in [-0.2, 0) is 0 Å². The van der Waals surface area contributed by atoms with E-state index < -0.39 is 0 Å². The molecule has 2 N–H and O–H groups in total. The van der Waals surface area contributed by atoms with E-state index in [9.17, 15) is 0 Å². The first-order chi connectivity index (χ1) is 9.16. The van der Waals surface area contributed by atoms with Gasteiger partial charge in [0.1, 0.15) is 5.75 Å². The zero-order chi connectivity index (χ0) is 13.7. The molecule has 1 saturated heterocycles. The second-order valence-corrected chi connectivity index (χ2v) is 5.82. The largest absolute Gasteiger partial charge is 0.491 e. The number of nitrogens with zero attached hydrogens (tertiary/aromatic N) is 1. The van der Waals surface area contributed by atoms with E-state index in [0.717, 1.165) is 44.7 Å². The molecule has 3 nitrogen and oxygen atoms in total. The number of ether oxygens (including phenoxy) is 1. The smallest absolute Gasteiger partial charge is 0.142 e. The SMILES string of the molecule is CC(C)CCOc1ccccc1N1CCC(N)CC1. The van der Waals surface area contributed by atoms with E-state index in [4.69, 9.17) is 10.5 Å². The molecule has 2 rings (SSSR count). The second kappa shape index (κ2) is 6.80. The maximum absolute atomic E-state index is 5.97. The molecule has 0 spiro atoms. The van der Waals surface area contributed by atoms with Crippen LogP contribution in [0.25, 0.3) is 0 Å². The molecule has 0 unspecified atom stereocenters. The van der Waals surface area contributed by atoms with E-state index in [-0.39, 0.29) is 0 Å². The van der Waals surface area contributed by atoms with Gasteiger partial charge in [0.15, 0.2) is 0 Å². The fourth-order valence-corrected chi connectivity index (χ4v) is 2.39. The predicted molar refractivity (Wildman–Crippen MR) is 80.8 cm³/mol. The molecule has 1 aliphatic heterocycles. The Morgan fingerprint density at radius 1 is 1.26 bits per heavy atom. The van der Waals surface area contributed by atoms with Gasteiger partial charge in [0, 0.05) is 19.1 Å². The van der Waals surface area contributed by atoms with Gasteiger partial charge in [-0.3, -0.25) is 0 Å². The van der Waals surface area contributed by atoms with Crippen molar-refractivity contribution in [3.05, 3.63) is 24.3 Å². The Labute approximate surface area is 116 Å². The summed E-state index contributed by atoms with van der Waals surface area (Å²) in [6.45, 7) is 7.31. The van der Waals surface area contributed by atoms with E-state index in [1.54, 1.807) is 0 Å². The number of piperidine rings is 1. The van der Waals surface area contributed by atoms with E-state index in [0.29, 0.717) is 12.0 Å². The van der Waals surface area contributed by atoms with Crippen molar-refractivity contribution in [2.75, 3.05) is 24.6 Å². The van der Waals surface area contributed by atoms with Crippen molar-refractivity contribution in [2.24, 2.45) is 11.7 Å². The molecule has 106 valence electrons. The van der Waals surface area contributed by atoms with Crippen LogP contribution in [0.4, 0.5) is 5.69 Å². The van der Waals surface area contributed by atoms with Crippen LogP contribution in [-0.4, -0.2) is 25.7 Å². The Kier molecular flexibility index (Phi) is 5.08. The van der Waals surface area contributed by atoms with Crippen molar-refractivity contribution in [2.45, 2.75) is 39.2 Å². The van der Waals surface area contributed by atoms with E-state index in [2.05, 4.69) is 36.9 Å². The lowest BCUT2D eigenvalue weighted by molar-refractivity contribution is 0.289. The average molecular weight is 262 g/mol. The molecule has 1 aromatic carbocycles. The van der Waals surface area contributed by atoms with Crippen LogP contribution in [0.1, 0.15) is 33.1 Å². The quantitative estimate of drug-likeness (QED) is 0.886. The third kappa shape index (κ3) is 4.13. The number of para-hydroxylation sites is 2. The van der Waals surface area contributed by atoms with Crippen LogP contribution >= 0.6 is 0 Å². The number of nitrogens with two attached hydrogens (primary N) is 1. The highest BCUT2D eigenvalue weighted by Crippen LogP contribution is 2.30. The zero-order valence-electron chi connectivity index (χ0n) is 12.1. The maximum Gasteiger partial charge on any atom is 0.142 e. The lowest BCUT2D eigenvalue weighted by atomic mass is 10.1. The number of anilines is 1. The lowest BCUT2D eigenvalue weighted by Crippen LogP contribution is -2.39. The van der Waals surface area contributed by atoms with E-state index in [1.807, 2.05) is 6.07 Å². The fourth-order valence-electron chi connectivity index (χ4n) is 2.39. The van der Waals surface area contributed by atoms with Gasteiger partial charge in [0.25, 0.3) is 0 Å². The molecule has 19 heavy (non-hydrogen) atoms. The molecule has 0 saturated carbocycles. The molecule has 0 radical (unpaired) electrons. The van der Waals surface area contributed by atoms with Crippen LogP contribution in [0.2, 0.25) is 0 Å². The van der Waals surface area contributed by atoms with Gasteiger partial charge in [-0.25, -0.2) is 0 Å². The first-order valence-corrected chi connectivity index (χ1v) is 7.39. The highest BCUT2D eigenvalue weighted by Gasteiger charge is 2.18. The first-order valence-electron chi connectivity index (χ1n) is 7.39. The number of rotatable bonds is 5. The van der Waals surface area contributed by atoms with Crippen LogP contribution in [0.3, 0.4) is 0 Å². The molecule has 1 fully saturated rings. The predicted octanol–water partition coefficient (Wildman–Crippen LogP) is 3.04. The number of hydrogen-bond donors (Lipinski definition) is 1. The Bertz CT molecular complexity index is 384. The number of benzene rings is 1. The van der Waals surface area contributed by atoms with Crippen molar-refractivity contribution in [3.63, 3.8) is 0 Å². The molecule has 1 aromatic rings. The van der Waals surface area contributed by atoms with Crippen molar-refractivity contribution >= 4 is 5.69 Å². The van der Waals surface area contributed by atoms with Crippen LogP contribution < -0.4 is 15.4 Å². The van der Waals surface area contributed by atoms with E-state index in [1.165, 1.54) is 5.69 Å². The summed E-state index contributed by atoms with van der Waals surface area (Å²) in [5, 5.41) is 0. The van der Waals surface area contributed by atoms with Gasteiger partial charge in [-0.1, -0.05) is 26.0 Å². The normalized spacial score (nSPS) is 16.9. The third-order valence-corrected chi connectivity index (χ3v) is 3.70. The van der Waals surface area contributed by atoms with Crippen LogP contribution in [0, 0.1) is 5.92 Å². The standard InChI is InChI=1S/C16H26N2O/c1-13(2)9-12-19-16-6-4-3-5-15(16)18-10-7-14(17)8-11-18/h3-6,13-14H,7-12,17H2,1-2H3. The van der Waals surface area contributed by atoms with E-state index >= 15 is 0 Å². The molecule has 0 bridgehead atoms. The second-order valence-electron chi connectivity index (χ2n) is 5.82. The Morgan fingerprint density at radius 2 is 1.95 bits per heavy atom. The minimum atomic E-state index is 0.366. The molecule has 0 aromatic heterocycles. The van der Waals surface area contributed by atoms with Gasteiger partial charge in [-0.2, -0.15) is 0 Å². The van der Waals surface area contributed by atoms with Crippen molar-refractivity contribution in [1.29, 1.82) is 0 Å².